The number of aromatic nitrogens is 1. The summed E-state index contributed by atoms with van der Waals surface area (Å²) in [6.07, 6.45) is 0. The van der Waals surface area contributed by atoms with Crippen LogP contribution in [0.25, 0.3) is 11.3 Å². The van der Waals surface area contributed by atoms with Crippen molar-refractivity contribution in [3.05, 3.63) is 41.6 Å². The van der Waals surface area contributed by atoms with Gasteiger partial charge in [0, 0.05) is 17.7 Å². The fourth-order valence-corrected chi connectivity index (χ4v) is 2.09. The molecular formula is C15H20N2O. The molecule has 18 heavy (non-hydrogen) atoms. The van der Waals surface area contributed by atoms with Gasteiger partial charge in [0.15, 0.2) is 5.76 Å². The van der Waals surface area contributed by atoms with Crippen molar-refractivity contribution in [1.29, 1.82) is 0 Å². The summed E-state index contributed by atoms with van der Waals surface area (Å²) >= 11 is 0. The Morgan fingerprint density at radius 1 is 1.22 bits per heavy atom. The van der Waals surface area contributed by atoms with Crippen LogP contribution in [0, 0.1) is 0 Å². The maximum atomic E-state index is 5.55. The van der Waals surface area contributed by atoms with Gasteiger partial charge >= 0.3 is 0 Å². The average molecular weight is 244 g/mol. The Hall–Kier alpha value is -1.61. The molecule has 96 valence electrons. The van der Waals surface area contributed by atoms with Gasteiger partial charge in [-0.2, -0.15) is 0 Å². The predicted octanol–water partition coefficient (Wildman–Crippen LogP) is 3.57. The number of nitrogens with zero attached hydrogens (tertiary/aromatic N) is 1. The van der Waals surface area contributed by atoms with Crippen molar-refractivity contribution in [1.82, 2.24) is 10.5 Å². The van der Waals surface area contributed by atoms with Crippen LogP contribution in [0.2, 0.25) is 0 Å². The highest BCUT2D eigenvalue weighted by Gasteiger charge is 2.19. The highest BCUT2D eigenvalue weighted by atomic mass is 16.5. The molecule has 0 aliphatic heterocycles. The Bertz CT molecular complexity index is 488. The van der Waals surface area contributed by atoms with Gasteiger partial charge in [-0.1, -0.05) is 56.3 Å². The van der Waals surface area contributed by atoms with Gasteiger partial charge in [-0.25, -0.2) is 0 Å². The molecule has 0 spiro atoms. The number of nitrogens with one attached hydrogen (secondary N) is 1. The quantitative estimate of drug-likeness (QED) is 0.873. The monoisotopic (exact) mass is 244 g/mol. The summed E-state index contributed by atoms with van der Waals surface area (Å²) in [6, 6.07) is 10.2. The minimum absolute atomic E-state index is 0.403. The van der Waals surface area contributed by atoms with Gasteiger partial charge in [0.05, 0.1) is 0 Å². The molecule has 0 saturated carbocycles. The van der Waals surface area contributed by atoms with E-state index < -0.39 is 0 Å². The Labute approximate surface area is 108 Å². The van der Waals surface area contributed by atoms with E-state index in [1.807, 2.05) is 18.2 Å². The van der Waals surface area contributed by atoms with E-state index in [1.165, 1.54) is 5.56 Å². The predicted molar refractivity (Wildman–Crippen MR) is 73.4 cm³/mol. The second-order valence-corrected chi connectivity index (χ2v) is 4.67. The molecule has 2 aromatic rings. The first kappa shape index (κ1) is 12.8. The maximum Gasteiger partial charge on any atom is 0.170 e. The summed E-state index contributed by atoms with van der Waals surface area (Å²) in [5.74, 6) is 1.30. The lowest BCUT2D eigenvalue weighted by atomic mass is 9.97. The van der Waals surface area contributed by atoms with Crippen LogP contribution < -0.4 is 5.32 Å². The van der Waals surface area contributed by atoms with Gasteiger partial charge in [-0.3, -0.25) is 0 Å². The number of benzene rings is 1. The first-order valence-electron chi connectivity index (χ1n) is 6.48. The van der Waals surface area contributed by atoms with Crippen LogP contribution in [0.5, 0.6) is 0 Å². The SMILES string of the molecule is CCNCc1noc(-c2ccccc2)c1C(C)C. The number of hydrogen-bond acceptors (Lipinski definition) is 3. The Kier molecular flexibility index (Phi) is 4.15. The molecule has 0 aliphatic rings. The third kappa shape index (κ3) is 2.62. The minimum atomic E-state index is 0.403. The van der Waals surface area contributed by atoms with Crippen LogP contribution in [0.3, 0.4) is 0 Å². The highest BCUT2D eigenvalue weighted by Crippen LogP contribution is 2.31. The van der Waals surface area contributed by atoms with E-state index in [4.69, 9.17) is 4.52 Å². The summed E-state index contributed by atoms with van der Waals surface area (Å²) in [6.45, 7) is 8.14. The Morgan fingerprint density at radius 3 is 2.56 bits per heavy atom. The van der Waals surface area contributed by atoms with Crippen LogP contribution in [0.1, 0.15) is 37.9 Å². The van der Waals surface area contributed by atoms with Gasteiger partial charge < -0.3 is 9.84 Å². The zero-order valence-electron chi connectivity index (χ0n) is 11.2. The molecule has 3 heteroatoms. The topological polar surface area (TPSA) is 38.1 Å². The molecule has 1 heterocycles. The third-order valence-electron chi connectivity index (χ3n) is 2.96. The van der Waals surface area contributed by atoms with Gasteiger partial charge in [-0.05, 0) is 12.5 Å². The lowest BCUT2D eigenvalue weighted by molar-refractivity contribution is 0.420. The molecule has 0 amide bonds. The smallest absolute Gasteiger partial charge is 0.170 e. The molecule has 1 N–H and O–H groups in total. The molecule has 3 nitrogen and oxygen atoms in total. The minimum Gasteiger partial charge on any atom is -0.356 e. The van der Waals surface area contributed by atoms with Crippen molar-refractivity contribution in [2.45, 2.75) is 33.2 Å². The molecule has 0 saturated heterocycles. The molecule has 0 bridgehead atoms. The zero-order valence-corrected chi connectivity index (χ0v) is 11.2. The molecule has 1 aromatic heterocycles. The van der Waals surface area contributed by atoms with E-state index in [2.05, 4.69) is 43.4 Å². The van der Waals surface area contributed by atoms with Crippen molar-refractivity contribution < 1.29 is 4.52 Å². The standard InChI is InChI=1S/C15H20N2O/c1-4-16-10-13-14(11(2)3)15(18-17-13)12-8-6-5-7-9-12/h5-9,11,16H,4,10H2,1-3H3. The van der Waals surface area contributed by atoms with Gasteiger partial charge in [0.25, 0.3) is 0 Å². The molecule has 2 rings (SSSR count). The fraction of sp³-hybridized carbons (Fsp3) is 0.400. The van der Waals surface area contributed by atoms with Crippen molar-refractivity contribution in [3.8, 4) is 11.3 Å². The summed E-state index contributed by atoms with van der Waals surface area (Å²) in [5.41, 5.74) is 3.32. The second kappa shape index (κ2) is 5.83. The summed E-state index contributed by atoms with van der Waals surface area (Å²) in [7, 11) is 0. The van der Waals surface area contributed by atoms with Crippen molar-refractivity contribution in [3.63, 3.8) is 0 Å². The Morgan fingerprint density at radius 2 is 1.94 bits per heavy atom. The largest absolute Gasteiger partial charge is 0.356 e. The van der Waals surface area contributed by atoms with Gasteiger partial charge in [-0.15, -0.1) is 0 Å². The molecule has 0 unspecified atom stereocenters. The molecule has 0 aliphatic carbocycles. The summed E-state index contributed by atoms with van der Waals surface area (Å²) in [4.78, 5) is 0. The molecule has 0 fully saturated rings. The number of rotatable bonds is 5. The van der Waals surface area contributed by atoms with Crippen molar-refractivity contribution in [2.24, 2.45) is 0 Å². The van der Waals surface area contributed by atoms with Crippen LogP contribution in [-0.2, 0) is 6.54 Å². The van der Waals surface area contributed by atoms with Crippen molar-refractivity contribution in [2.75, 3.05) is 6.54 Å². The van der Waals surface area contributed by atoms with E-state index >= 15 is 0 Å². The third-order valence-corrected chi connectivity index (χ3v) is 2.96. The van der Waals surface area contributed by atoms with E-state index in [0.717, 1.165) is 30.1 Å². The van der Waals surface area contributed by atoms with E-state index in [0.29, 0.717) is 5.92 Å². The highest BCUT2D eigenvalue weighted by molar-refractivity contribution is 5.62. The lowest BCUT2D eigenvalue weighted by Gasteiger charge is -2.07. The molecule has 1 aromatic carbocycles. The van der Waals surface area contributed by atoms with Gasteiger partial charge in [0.1, 0.15) is 5.69 Å². The van der Waals surface area contributed by atoms with Crippen LogP contribution >= 0.6 is 0 Å². The van der Waals surface area contributed by atoms with E-state index in [1.54, 1.807) is 0 Å². The van der Waals surface area contributed by atoms with Gasteiger partial charge in [0.2, 0.25) is 0 Å². The van der Waals surface area contributed by atoms with E-state index in [-0.39, 0.29) is 0 Å². The normalized spacial score (nSPS) is 11.1. The second-order valence-electron chi connectivity index (χ2n) is 4.67. The van der Waals surface area contributed by atoms with Crippen molar-refractivity contribution >= 4 is 0 Å². The first-order valence-corrected chi connectivity index (χ1v) is 6.48. The zero-order chi connectivity index (χ0) is 13.0. The molecule has 0 atom stereocenters. The molecule has 0 radical (unpaired) electrons. The lowest BCUT2D eigenvalue weighted by Crippen LogP contribution is -2.13. The summed E-state index contributed by atoms with van der Waals surface area (Å²) in [5, 5.41) is 7.52. The van der Waals surface area contributed by atoms with E-state index in [9.17, 15) is 0 Å². The van der Waals surface area contributed by atoms with Crippen LogP contribution in [0.4, 0.5) is 0 Å². The maximum absolute atomic E-state index is 5.55. The fourth-order valence-electron chi connectivity index (χ4n) is 2.09. The Balaban J connectivity index is 2.39. The summed E-state index contributed by atoms with van der Waals surface area (Å²) < 4.78 is 5.55. The van der Waals surface area contributed by atoms with Crippen LogP contribution in [0.15, 0.2) is 34.9 Å². The first-order chi connectivity index (χ1) is 8.74. The molecular weight excluding hydrogens is 224 g/mol. The van der Waals surface area contributed by atoms with Crippen LogP contribution in [-0.4, -0.2) is 11.7 Å². The number of hydrogen-bond donors (Lipinski definition) is 1. The average Bonchev–Trinajstić information content (AvgIpc) is 2.81.